The van der Waals surface area contributed by atoms with Crippen LogP contribution in [-0.4, -0.2) is 28.3 Å². The quantitative estimate of drug-likeness (QED) is 0.867. The lowest BCUT2D eigenvalue weighted by Crippen LogP contribution is -2.20. The van der Waals surface area contributed by atoms with E-state index in [4.69, 9.17) is 5.73 Å². The zero-order chi connectivity index (χ0) is 13.7. The predicted octanol–water partition coefficient (Wildman–Crippen LogP) is 2.13. The van der Waals surface area contributed by atoms with E-state index in [9.17, 15) is 4.39 Å². The van der Waals surface area contributed by atoms with Crippen molar-refractivity contribution in [2.75, 3.05) is 19.3 Å². The number of rotatable bonds is 6. The lowest BCUT2D eigenvalue weighted by molar-refractivity contribution is 0.311. The lowest BCUT2D eigenvalue weighted by atomic mass is 10.2. The van der Waals surface area contributed by atoms with E-state index >= 15 is 0 Å². The predicted molar refractivity (Wildman–Crippen MR) is 74.0 cm³/mol. The first-order valence-electron chi connectivity index (χ1n) is 6.35. The van der Waals surface area contributed by atoms with Crippen LogP contribution < -0.4 is 5.73 Å². The molecule has 4 nitrogen and oxygen atoms in total. The first-order chi connectivity index (χ1) is 9.13. The van der Waals surface area contributed by atoms with E-state index in [0.717, 1.165) is 31.6 Å². The average Bonchev–Trinajstić information content (AvgIpc) is 2.78. The highest BCUT2D eigenvalue weighted by atomic mass is 19.1. The van der Waals surface area contributed by atoms with Gasteiger partial charge >= 0.3 is 0 Å². The van der Waals surface area contributed by atoms with E-state index in [2.05, 4.69) is 17.0 Å². The number of nitrogens with two attached hydrogens (primary N) is 1. The summed E-state index contributed by atoms with van der Waals surface area (Å²) in [4.78, 5) is 2.21. The fourth-order valence-corrected chi connectivity index (χ4v) is 1.99. The molecule has 1 heterocycles. The first kappa shape index (κ1) is 13.5. The number of aryl methyl sites for hydroxylation is 1. The molecular formula is C14H19FN4. The molecule has 0 aliphatic heterocycles. The third-order valence-electron chi connectivity index (χ3n) is 2.95. The van der Waals surface area contributed by atoms with Crippen molar-refractivity contribution in [1.29, 1.82) is 0 Å². The van der Waals surface area contributed by atoms with Gasteiger partial charge in [-0.15, -0.1) is 0 Å². The Labute approximate surface area is 112 Å². The van der Waals surface area contributed by atoms with Crippen LogP contribution in [0.3, 0.4) is 0 Å². The van der Waals surface area contributed by atoms with Crippen LogP contribution in [0.1, 0.15) is 12.0 Å². The summed E-state index contributed by atoms with van der Waals surface area (Å²) in [5.41, 5.74) is 6.67. The topological polar surface area (TPSA) is 47.1 Å². The molecule has 2 aromatic rings. The van der Waals surface area contributed by atoms with Crippen LogP contribution in [0.15, 0.2) is 36.5 Å². The lowest BCUT2D eigenvalue weighted by Gasteiger charge is -2.16. The van der Waals surface area contributed by atoms with Crippen LogP contribution in [0.4, 0.5) is 10.2 Å². The number of nitrogens with zero attached hydrogens (tertiary/aromatic N) is 3. The van der Waals surface area contributed by atoms with Crippen molar-refractivity contribution in [3.05, 3.63) is 47.9 Å². The summed E-state index contributed by atoms with van der Waals surface area (Å²) in [6.07, 6.45) is 2.88. The molecule has 19 heavy (non-hydrogen) atoms. The van der Waals surface area contributed by atoms with Crippen molar-refractivity contribution in [1.82, 2.24) is 14.7 Å². The molecule has 0 bridgehead atoms. The molecule has 0 saturated heterocycles. The Morgan fingerprint density at radius 2 is 2.00 bits per heavy atom. The van der Waals surface area contributed by atoms with E-state index < -0.39 is 0 Å². The van der Waals surface area contributed by atoms with Crippen molar-refractivity contribution in [2.24, 2.45) is 0 Å². The second-order valence-electron chi connectivity index (χ2n) is 4.72. The summed E-state index contributed by atoms with van der Waals surface area (Å²) in [5, 5.41) is 4.14. The molecule has 102 valence electrons. The summed E-state index contributed by atoms with van der Waals surface area (Å²) in [6, 6.07) is 8.42. The largest absolute Gasteiger partial charge is 0.382 e. The maximum absolute atomic E-state index is 12.8. The number of anilines is 1. The third kappa shape index (κ3) is 4.37. The van der Waals surface area contributed by atoms with Gasteiger partial charge in [-0.25, -0.2) is 4.39 Å². The minimum atomic E-state index is -0.192. The van der Waals surface area contributed by atoms with Gasteiger partial charge in [-0.2, -0.15) is 5.10 Å². The van der Waals surface area contributed by atoms with Gasteiger partial charge in [0.1, 0.15) is 11.6 Å². The van der Waals surface area contributed by atoms with Crippen LogP contribution in [0.25, 0.3) is 0 Å². The maximum atomic E-state index is 12.8. The highest BCUT2D eigenvalue weighted by Crippen LogP contribution is 2.06. The molecule has 0 spiro atoms. The van der Waals surface area contributed by atoms with Gasteiger partial charge in [0, 0.05) is 19.3 Å². The molecular weight excluding hydrogens is 243 g/mol. The average molecular weight is 262 g/mol. The molecule has 0 radical (unpaired) electrons. The van der Waals surface area contributed by atoms with Crippen LogP contribution in [0.5, 0.6) is 0 Å². The molecule has 5 heteroatoms. The van der Waals surface area contributed by atoms with Gasteiger partial charge < -0.3 is 10.6 Å². The molecule has 2 N–H and O–H groups in total. The molecule has 0 amide bonds. The molecule has 0 fully saturated rings. The first-order valence-corrected chi connectivity index (χ1v) is 6.35. The molecule has 1 aromatic heterocycles. The van der Waals surface area contributed by atoms with Gasteiger partial charge in [-0.05, 0) is 43.8 Å². The molecule has 2 rings (SSSR count). The fraction of sp³-hybridized carbons (Fsp3) is 0.357. The Kier molecular flexibility index (Phi) is 4.52. The third-order valence-corrected chi connectivity index (χ3v) is 2.95. The molecule has 0 unspecified atom stereocenters. The molecule has 0 atom stereocenters. The number of aromatic nitrogens is 2. The second kappa shape index (κ2) is 6.33. The van der Waals surface area contributed by atoms with Gasteiger partial charge in [-0.3, -0.25) is 4.68 Å². The van der Waals surface area contributed by atoms with Crippen molar-refractivity contribution >= 4 is 5.82 Å². The van der Waals surface area contributed by atoms with Crippen LogP contribution in [0.2, 0.25) is 0 Å². The van der Waals surface area contributed by atoms with E-state index in [0.29, 0.717) is 5.82 Å². The van der Waals surface area contributed by atoms with Gasteiger partial charge in [0.15, 0.2) is 0 Å². The zero-order valence-corrected chi connectivity index (χ0v) is 11.1. The zero-order valence-electron chi connectivity index (χ0n) is 11.1. The van der Waals surface area contributed by atoms with E-state index in [1.807, 2.05) is 23.0 Å². The van der Waals surface area contributed by atoms with Crippen LogP contribution in [0, 0.1) is 5.82 Å². The second-order valence-corrected chi connectivity index (χ2v) is 4.72. The van der Waals surface area contributed by atoms with Crippen molar-refractivity contribution in [3.8, 4) is 0 Å². The molecule has 0 aliphatic rings. The normalized spacial score (nSPS) is 11.1. The summed E-state index contributed by atoms with van der Waals surface area (Å²) in [7, 11) is 2.06. The molecule has 0 aliphatic carbocycles. The van der Waals surface area contributed by atoms with Crippen molar-refractivity contribution in [2.45, 2.75) is 19.5 Å². The van der Waals surface area contributed by atoms with Gasteiger partial charge in [0.25, 0.3) is 0 Å². The van der Waals surface area contributed by atoms with Gasteiger partial charge in [0.2, 0.25) is 0 Å². The minimum Gasteiger partial charge on any atom is -0.382 e. The van der Waals surface area contributed by atoms with Crippen LogP contribution in [-0.2, 0) is 13.1 Å². The maximum Gasteiger partial charge on any atom is 0.145 e. The standard InChI is InChI=1S/C14H19FN4/c1-18(11-12-3-5-13(15)6-4-12)8-2-9-19-10-7-14(16)17-19/h3-7,10H,2,8-9,11H2,1H3,(H2,16,17). The van der Waals surface area contributed by atoms with Crippen LogP contribution >= 0.6 is 0 Å². The molecule has 0 saturated carbocycles. The van der Waals surface area contributed by atoms with Crippen molar-refractivity contribution in [3.63, 3.8) is 0 Å². The monoisotopic (exact) mass is 262 g/mol. The Morgan fingerprint density at radius 3 is 2.63 bits per heavy atom. The van der Waals surface area contributed by atoms with E-state index in [1.165, 1.54) is 12.1 Å². The fourth-order valence-electron chi connectivity index (χ4n) is 1.99. The number of halogens is 1. The smallest absolute Gasteiger partial charge is 0.145 e. The Morgan fingerprint density at radius 1 is 1.26 bits per heavy atom. The van der Waals surface area contributed by atoms with Crippen molar-refractivity contribution < 1.29 is 4.39 Å². The van der Waals surface area contributed by atoms with E-state index in [1.54, 1.807) is 6.07 Å². The number of benzene rings is 1. The Balaban J connectivity index is 1.72. The summed E-state index contributed by atoms with van der Waals surface area (Å²) in [6.45, 7) is 2.63. The highest BCUT2D eigenvalue weighted by molar-refractivity contribution is 5.23. The summed E-state index contributed by atoms with van der Waals surface area (Å²) < 4.78 is 14.6. The SMILES string of the molecule is CN(CCCn1ccc(N)n1)Cc1ccc(F)cc1. The minimum absolute atomic E-state index is 0.192. The number of hydrogen-bond acceptors (Lipinski definition) is 3. The number of hydrogen-bond donors (Lipinski definition) is 1. The highest BCUT2D eigenvalue weighted by Gasteiger charge is 2.01. The van der Waals surface area contributed by atoms with Gasteiger partial charge in [0.05, 0.1) is 0 Å². The molecule has 1 aromatic carbocycles. The Hall–Kier alpha value is -1.88. The Bertz CT molecular complexity index is 506. The number of nitrogen functional groups attached to an aromatic ring is 1. The summed E-state index contributed by atoms with van der Waals surface area (Å²) >= 11 is 0. The van der Waals surface area contributed by atoms with E-state index in [-0.39, 0.29) is 5.82 Å². The van der Waals surface area contributed by atoms with Gasteiger partial charge in [-0.1, -0.05) is 12.1 Å². The summed E-state index contributed by atoms with van der Waals surface area (Å²) in [5.74, 6) is 0.363.